The van der Waals surface area contributed by atoms with Gasteiger partial charge < -0.3 is 15.7 Å². The molecule has 26 heavy (non-hydrogen) atoms. The number of carbonyl (C=O) groups is 1. The summed E-state index contributed by atoms with van der Waals surface area (Å²) in [6, 6.07) is 12.5. The topological polar surface area (TPSA) is 64.6 Å². The van der Waals surface area contributed by atoms with Crippen LogP contribution in [0.5, 0.6) is 0 Å². The van der Waals surface area contributed by atoms with Crippen molar-refractivity contribution in [1.29, 1.82) is 0 Å². The van der Waals surface area contributed by atoms with Crippen molar-refractivity contribution >= 4 is 22.2 Å². The van der Waals surface area contributed by atoms with Gasteiger partial charge in [-0.1, -0.05) is 30.3 Å². The summed E-state index contributed by atoms with van der Waals surface area (Å²) in [6.07, 6.45) is 0.995. The highest BCUT2D eigenvalue weighted by molar-refractivity contribution is 7.16. The summed E-state index contributed by atoms with van der Waals surface area (Å²) in [7, 11) is 0. The number of aliphatic hydroxyl groups excluding tert-OH is 1. The first-order valence-electron chi connectivity index (χ1n) is 8.86. The van der Waals surface area contributed by atoms with Crippen LogP contribution >= 0.6 is 11.3 Å². The molecule has 0 saturated carbocycles. The van der Waals surface area contributed by atoms with Crippen molar-refractivity contribution in [3.63, 3.8) is 0 Å². The molecule has 2 saturated heterocycles. The quantitative estimate of drug-likeness (QED) is 0.752. The summed E-state index contributed by atoms with van der Waals surface area (Å²) in [4.78, 5) is 14.5. The van der Waals surface area contributed by atoms with Crippen LogP contribution in [0.1, 0.15) is 29.5 Å². The van der Waals surface area contributed by atoms with E-state index in [0.29, 0.717) is 15.4 Å². The number of likely N-dealkylation sites (tertiary alicyclic amines) is 1. The van der Waals surface area contributed by atoms with Crippen molar-refractivity contribution in [2.45, 2.75) is 30.8 Å². The highest BCUT2D eigenvalue weighted by Crippen LogP contribution is 2.41. The van der Waals surface area contributed by atoms with Crippen LogP contribution in [0.4, 0.5) is 9.39 Å². The van der Waals surface area contributed by atoms with Gasteiger partial charge in [-0.05, 0) is 37.1 Å². The smallest absolute Gasteiger partial charge is 0.242 e. The molecule has 0 bridgehead atoms. The lowest BCUT2D eigenvalue weighted by atomic mass is 9.87. The monoisotopic (exact) mass is 375 g/mol. The first-order valence-corrected chi connectivity index (χ1v) is 9.67. The molecular formula is C19H22FN3O2S. The van der Waals surface area contributed by atoms with Crippen molar-refractivity contribution in [2.24, 2.45) is 0 Å². The van der Waals surface area contributed by atoms with E-state index in [2.05, 4.69) is 10.6 Å². The molecule has 5 nitrogen and oxygen atoms in total. The standard InChI is InChI=1S/C19H22FN3O2S/c20-19(13-5-2-1-3-6-13)11-23(12-19)18(25)15-8-9-16(26-15)22-17(24)14-7-4-10-21-14/h1-3,5-6,8-9,14,18,21,25H,4,7,10-12H2,(H,22,24)/t14-,18?/m0/s1. The molecule has 2 aromatic rings. The lowest BCUT2D eigenvalue weighted by Crippen LogP contribution is -2.57. The van der Waals surface area contributed by atoms with E-state index in [1.165, 1.54) is 11.3 Å². The maximum absolute atomic E-state index is 14.9. The maximum Gasteiger partial charge on any atom is 0.242 e. The average Bonchev–Trinajstić information content (AvgIpc) is 3.31. The number of nitrogens with one attached hydrogen (secondary N) is 2. The van der Waals surface area contributed by atoms with Crippen molar-refractivity contribution in [3.05, 3.63) is 52.9 Å². The average molecular weight is 375 g/mol. The largest absolute Gasteiger partial charge is 0.373 e. The van der Waals surface area contributed by atoms with Crippen LogP contribution in [0.25, 0.3) is 0 Å². The number of nitrogens with zero attached hydrogens (tertiary/aromatic N) is 1. The number of benzene rings is 1. The molecule has 0 spiro atoms. The summed E-state index contributed by atoms with van der Waals surface area (Å²) >= 11 is 1.33. The van der Waals surface area contributed by atoms with Gasteiger partial charge >= 0.3 is 0 Å². The number of rotatable bonds is 5. The Morgan fingerprint density at radius 2 is 2.08 bits per heavy atom. The number of hydrogen-bond acceptors (Lipinski definition) is 5. The zero-order valence-electron chi connectivity index (χ0n) is 14.3. The Kier molecular flexibility index (Phi) is 4.79. The van der Waals surface area contributed by atoms with Crippen molar-refractivity contribution in [2.75, 3.05) is 25.0 Å². The van der Waals surface area contributed by atoms with E-state index >= 15 is 0 Å². The second kappa shape index (κ2) is 7.08. The van der Waals surface area contributed by atoms with Gasteiger partial charge in [-0.15, -0.1) is 11.3 Å². The summed E-state index contributed by atoms with van der Waals surface area (Å²) in [5.41, 5.74) is -0.767. The Balaban J connectivity index is 1.35. The van der Waals surface area contributed by atoms with Gasteiger partial charge in [-0.2, -0.15) is 0 Å². The second-order valence-corrected chi connectivity index (χ2v) is 8.07. The van der Waals surface area contributed by atoms with Gasteiger partial charge in [0.05, 0.1) is 15.9 Å². The summed E-state index contributed by atoms with van der Waals surface area (Å²) in [5.74, 6) is -0.0406. The molecule has 4 rings (SSSR count). The first-order chi connectivity index (χ1) is 12.5. The van der Waals surface area contributed by atoms with E-state index in [1.807, 2.05) is 18.2 Å². The van der Waals surface area contributed by atoms with Crippen LogP contribution in [0.15, 0.2) is 42.5 Å². The maximum atomic E-state index is 14.9. The van der Waals surface area contributed by atoms with Gasteiger partial charge in [-0.25, -0.2) is 4.39 Å². The minimum atomic E-state index is -1.41. The highest BCUT2D eigenvalue weighted by Gasteiger charge is 2.47. The van der Waals surface area contributed by atoms with Gasteiger partial charge in [0.1, 0.15) is 6.23 Å². The van der Waals surface area contributed by atoms with Crippen LogP contribution in [0.2, 0.25) is 0 Å². The SMILES string of the molecule is O=C(Nc1ccc(C(O)N2CC(F)(c3ccccc3)C2)s1)[C@@H]1CCCN1. The number of hydrogen-bond donors (Lipinski definition) is 3. The molecule has 1 unspecified atom stereocenters. The molecule has 1 aromatic carbocycles. The lowest BCUT2D eigenvalue weighted by molar-refractivity contribution is -0.128. The van der Waals surface area contributed by atoms with E-state index in [0.717, 1.165) is 19.4 Å². The molecule has 3 heterocycles. The van der Waals surface area contributed by atoms with Crippen LogP contribution in [-0.2, 0) is 10.5 Å². The lowest BCUT2D eigenvalue weighted by Gasteiger charge is -2.46. The molecule has 1 amide bonds. The van der Waals surface area contributed by atoms with Gasteiger partial charge in [0.2, 0.25) is 5.91 Å². The molecule has 7 heteroatoms. The number of carbonyl (C=O) groups excluding carboxylic acids is 1. The molecule has 0 radical (unpaired) electrons. The van der Waals surface area contributed by atoms with E-state index in [1.54, 1.807) is 29.2 Å². The van der Waals surface area contributed by atoms with Crippen LogP contribution < -0.4 is 10.6 Å². The number of amides is 1. The Morgan fingerprint density at radius 1 is 1.31 bits per heavy atom. The minimum Gasteiger partial charge on any atom is -0.373 e. The van der Waals surface area contributed by atoms with Crippen molar-refractivity contribution in [3.8, 4) is 0 Å². The van der Waals surface area contributed by atoms with Crippen molar-refractivity contribution < 1.29 is 14.3 Å². The summed E-state index contributed by atoms with van der Waals surface area (Å²) in [5, 5.41) is 17.3. The highest BCUT2D eigenvalue weighted by atomic mass is 32.1. The molecule has 2 fully saturated rings. The summed E-state index contributed by atoms with van der Waals surface area (Å²) < 4.78 is 14.9. The fourth-order valence-electron chi connectivity index (χ4n) is 3.55. The minimum absolute atomic E-state index is 0.0406. The molecule has 2 atom stereocenters. The Labute approximate surface area is 155 Å². The van der Waals surface area contributed by atoms with E-state index in [-0.39, 0.29) is 25.0 Å². The van der Waals surface area contributed by atoms with Gasteiger partial charge in [0.25, 0.3) is 0 Å². The predicted molar refractivity (Wildman–Crippen MR) is 99.7 cm³/mol. The molecule has 3 N–H and O–H groups in total. The molecule has 2 aliphatic heterocycles. The summed E-state index contributed by atoms with van der Waals surface area (Å²) in [6.45, 7) is 1.18. The van der Waals surface area contributed by atoms with Crippen LogP contribution in [-0.4, -0.2) is 41.6 Å². The fraction of sp³-hybridized carbons (Fsp3) is 0.421. The Bertz CT molecular complexity index is 770. The van der Waals surface area contributed by atoms with Gasteiger partial charge in [-0.3, -0.25) is 9.69 Å². The number of anilines is 1. The Hall–Kier alpha value is -1.80. The van der Waals surface area contributed by atoms with Gasteiger partial charge in [0.15, 0.2) is 5.67 Å². The molecule has 0 aliphatic carbocycles. The fourth-order valence-corrected chi connectivity index (χ4v) is 4.48. The normalized spacial score (nSPS) is 23.4. The number of halogens is 1. The Morgan fingerprint density at radius 3 is 2.77 bits per heavy atom. The van der Waals surface area contributed by atoms with E-state index in [4.69, 9.17) is 0 Å². The van der Waals surface area contributed by atoms with Crippen LogP contribution in [0.3, 0.4) is 0 Å². The molecule has 2 aliphatic rings. The van der Waals surface area contributed by atoms with E-state index in [9.17, 15) is 14.3 Å². The third-order valence-corrected chi connectivity index (χ3v) is 6.09. The van der Waals surface area contributed by atoms with Crippen LogP contribution in [0, 0.1) is 0 Å². The third kappa shape index (κ3) is 3.40. The number of alkyl halides is 1. The number of aliphatic hydroxyl groups is 1. The molecule has 1 aromatic heterocycles. The number of thiophene rings is 1. The van der Waals surface area contributed by atoms with E-state index < -0.39 is 11.9 Å². The third-order valence-electron chi connectivity index (χ3n) is 5.05. The zero-order chi connectivity index (χ0) is 18.1. The van der Waals surface area contributed by atoms with Gasteiger partial charge in [0, 0.05) is 13.1 Å². The zero-order valence-corrected chi connectivity index (χ0v) is 15.1. The molecule has 138 valence electrons. The van der Waals surface area contributed by atoms with Crippen molar-refractivity contribution in [1.82, 2.24) is 10.2 Å². The second-order valence-electron chi connectivity index (χ2n) is 6.95. The molecular weight excluding hydrogens is 353 g/mol. The predicted octanol–water partition coefficient (Wildman–Crippen LogP) is 2.61. The first kappa shape index (κ1) is 17.6.